The molecule has 1 aliphatic carbocycles. The van der Waals surface area contributed by atoms with Gasteiger partial charge < -0.3 is 9.84 Å². The van der Waals surface area contributed by atoms with E-state index in [1.807, 2.05) is 32.0 Å². The molecular formula is C17H17NO3. The molecule has 0 unspecified atom stereocenters. The Hall–Kier alpha value is -2.36. The number of carbonyl (C=O) groups is 1. The highest BCUT2D eigenvalue weighted by molar-refractivity contribution is 5.90. The van der Waals surface area contributed by atoms with Gasteiger partial charge in [-0.2, -0.15) is 0 Å². The number of hydrogen-bond donors (Lipinski definition) is 1. The van der Waals surface area contributed by atoms with E-state index in [1.54, 1.807) is 6.07 Å². The van der Waals surface area contributed by atoms with Crippen molar-refractivity contribution >= 4 is 5.97 Å². The van der Waals surface area contributed by atoms with Gasteiger partial charge in [0.15, 0.2) is 0 Å². The third-order valence-corrected chi connectivity index (χ3v) is 3.94. The first kappa shape index (κ1) is 13.6. The van der Waals surface area contributed by atoms with Crippen LogP contribution in [0.25, 0.3) is 0 Å². The molecule has 1 N–H and O–H groups in total. The summed E-state index contributed by atoms with van der Waals surface area (Å²) in [5.41, 5.74) is 4.39. The van der Waals surface area contributed by atoms with Gasteiger partial charge in [-0.25, -0.2) is 9.78 Å². The number of carboxylic acid groups (broad SMARTS) is 1. The molecule has 1 aromatic heterocycles. The molecule has 0 fully saturated rings. The normalized spacial score (nSPS) is 13.0. The van der Waals surface area contributed by atoms with Gasteiger partial charge in [0.05, 0.1) is 0 Å². The quantitative estimate of drug-likeness (QED) is 0.933. The van der Waals surface area contributed by atoms with Crippen LogP contribution in [0.15, 0.2) is 24.3 Å². The molecule has 4 nitrogen and oxygen atoms in total. The van der Waals surface area contributed by atoms with Crippen molar-refractivity contribution in [3.63, 3.8) is 0 Å². The maximum atomic E-state index is 11.4. The zero-order chi connectivity index (χ0) is 15.0. The number of fused-ring (bicyclic) bond motifs is 1. The van der Waals surface area contributed by atoms with E-state index in [0.29, 0.717) is 5.75 Å². The van der Waals surface area contributed by atoms with Crippen LogP contribution in [-0.2, 0) is 12.8 Å². The lowest BCUT2D eigenvalue weighted by molar-refractivity contribution is 0.0693. The molecule has 1 aromatic carbocycles. The van der Waals surface area contributed by atoms with Crippen LogP contribution in [0.3, 0.4) is 0 Å². The Morgan fingerprint density at radius 1 is 1.19 bits per heavy atom. The molecule has 108 valence electrons. The lowest BCUT2D eigenvalue weighted by Crippen LogP contribution is -2.05. The van der Waals surface area contributed by atoms with Crippen molar-refractivity contribution < 1.29 is 14.6 Å². The molecule has 1 aliphatic rings. The van der Waals surface area contributed by atoms with Gasteiger partial charge in [0.1, 0.15) is 11.3 Å². The smallest absolute Gasteiger partial charge is 0.341 e. The molecule has 0 saturated heterocycles. The van der Waals surface area contributed by atoms with Crippen molar-refractivity contribution in [3.05, 3.63) is 52.2 Å². The number of hydrogen-bond acceptors (Lipinski definition) is 3. The number of pyridine rings is 1. The summed E-state index contributed by atoms with van der Waals surface area (Å²) in [6, 6.07) is 7.39. The van der Waals surface area contributed by atoms with Crippen molar-refractivity contribution in [2.24, 2.45) is 0 Å². The van der Waals surface area contributed by atoms with Crippen LogP contribution in [-0.4, -0.2) is 16.1 Å². The zero-order valence-electron chi connectivity index (χ0n) is 12.1. The highest BCUT2D eigenvalue weighted by atomic mass is 16.5. The van der Waals surface area contributed by atoms with Crippen LogP contribution >= 0.6 is 0 Å². The molecule has 1 heterocycles. The van der Waals surface area contributed by atoms with Gasteiger partial charge in [-0.1, -0.05) is 6.07 Å². The van der Waals surface area contributed by atoms with Crippen LogP contribution in [0.5, 0.6) is 11.6 Å². The van der Waals surface area contributed by atoms with E-state index < -0.39 is 5.97 Å². The first-order valence-electron chi connectivity index (χ1n) is 7.06. The van der Waals surface area contributed by atoms with Crippen LogP contribution < -0.4 is 4.74 Å². The Balaban J connectivity index is 2.01. The summed E-state index contributed by atoms with van der Waals surface area (Å²) in [5, 5.41) is 9.35. The molecule has 0 bridgehead atoms. The number of aryl methyl sites for hydroxylation is 4. The number of benzene rings is 1. The van der Waals surface area contributed by atoms with Crippen molar-refractivity contribution in [1.82, 2.24) is 4.98 Å². The zero-order valence-corrected chi connectivity index (χ0v) is 12.1. The van der Waals surface area contributed by atoms with Gasteiger partial charge in [-0.3, -0.25) is 0 Å². The van der Waals surface area contributed by atoms with Crippen molar-refractivity contribution in [2.75, 3.05) is 0 Å². The second kappa shape index (κ2) is 5.20. The Morgan fingerprint density at radius 2 is 2.00 bits per heavy atom. The van der Waals surface area contributed by atoms with Gasteiger partial charge in [0, 0.05) is 5.69 Å². The monoisotopic (exact) mass is 283 g/mol. The molecule has 4 heteroatoms. The summed E-state index contributed by atoms with van der Waals surface area (Å²) in [4.78, 5) is 15.8. The molecular weight excluding hydrogens is 266 g/mol. The fourth-order valence-electron chi connectivity index (χ4n) is 2.57. The topological polar surface area (TPSA) is 59.4 Å². The summed E-state index contributed by atoms with van der Waals surface area (Å²) in [7, 11) is 0. The van der Waals surface area contributed by atoms with E-state index >= 15 is 0 Å². The summed E-state index contributed by atoms with van der Waals surface area (Å²) < 4.78 is 5.74. The van der Waals surface area contributed by atoms with Gasteiger partial charge in [-0.05, 0) is 68.0 Å². The Kier molecular flexibility index (Phi) is 3.37. The van der Waals surface area contributed by atoms with Gasteiger partial charge >= 0.3 is 5.97 Å². The first-order chi connectivity index (χ1) is 10.0. The van der Waals surface area contributed by atoms with Crippen molar-refractivity contribution in [2.45, 2.75) is 33.1 Å². The maximum Gasteiger partial charge on any atom is 0.341 e. The lowest BCUT2D eigenvalue weighted by atomic mass is 10.1. The Bertz CT molecular complexity index is 722. The van der Waals surface area contributed by atoms with E-state index in [9.17, 15) is 9.90 Å². The average Bonchev–Trinajstić information content (AvgIpc) is 2.89. The Morgan fingerprint density at radius 3 is 2.71 bits per heavy atom. The minimum atomic E-state index is -1.00. The number of aromatic nitrogens is 1. The third kappa shape index (κ3) is 2.61. The second-order valence-electron chi connectivity index (χ2n) is 5.45. The summed E-state index contributed by atoms with van der Waals surface area (Å²) in [6.45, 7) is 4.02. The number of rotatable bonds is 3. The SMILES string of the molecule is Cc1ccc(Oc2nc3c(cc2C(=O)O)CCC3)cc1C. The van der Waals surface area contributed by atoms with E-state index in [0.717, 1.165) is 36.1 Å². The largest absolute Gasteiger partial charge is 0.477 e. The second-order valence-corrected chi connectivity index (χ2v) is 5.45. The first-order valence-corrected chi connectivity index (χ1v) is 7.06. The van der Waals surface area contributed by atoms with E-state index in [4.69, 9.17) is 4.74 Å². The molecule has 3 rings (SSSR count). The summed E-state index contributed by atoms with van der Waals surface area (Å²) in [6.07, 6.45) is 2.81. The number of nitrogens with zero attached hydrogens (tertiary/aromatic N) is 1. The average molecular weight is 283 g/mol. The molecule has 0 radical (unpaired) electrons. The highest BCUT2D eigenvalue weighted by Crippen LogP contribution is 2.30. The number of carboxylic acids is 1. The molecule has 0 atom stereocenters. The third-order valence-electron chi connectivity index (χ3n) is 3.94. The minimum absolute atomic E-state index is 0.133. The number of aromatic carboxylic acids is 1. The van der Waals surface area contributed by atoms with Crippen LogP contribution in [0.2, 0.25) is 0 Å². The predicted molar refractivity (Wildman–Crippen MR) is 79.2 cm³/mol. The van der Waals surface area contributed by atoms with Crippen LogP contribution in [0, 0.1) is 13.8 Å². The van der Waals surface area contributed by atoms with Gasteiger partial charge in [0.25, 0.3) is 0 Å². The van der Waals surface area contributed by atoms with Crippen molar-refractivity contribution in [1.29, 1.82) is 0 Å². The fourth-order valence-corrected chi connectivity index (χ4v) is 2.57. The molecule has 0 saturated carbocycles. The predicted octanol–water partition coefficient (Wildman–Crippen LogP) is 3.68. The van der Waals surface area contributed by atoms with Crippen LogP contribution in [0.1, 0.15) is 39.2 Å². The molecule has 0 spiro atoms. The van der Waals surface area contributed by atoms with E-state index in [-0.39, 0.29) is 11.4 Å². The lowest BCUT2D eigenvalue weighted by Gasteiger charge is -2.11. The van der Waals surface area contributed by atoms with E-state index in [1.165, 1.54) is 5.56 Å². The highest BCUT2D eigenvalue weighted by Gasteiger charge is 2.21. The summed E-state index contributed by atoms with van der Waals surface area (Å²) >= 11 is 0. The summed E-state index contributed by atoms with van der Waals surface area (Å²) in [5.74, 6) is -0.200. The molecule has 2 aromatic rings. The molecule has 0 amide bonds. The van der Waals surface area contributed by atoms with Gasteiger partial charge in [0.2, 0.25) is 5.88 Å². The minimum Gasteiger partial charge on any atom is -0.477 e. The van der Waals surface area contributed by atoms with E-state index in [2.05, 4.69) is 4.98 Å². The standard InChI is InChI=1S/C17H17NO3/c1-10-6-7-13(8-11(10)2)21-16-14(17(19)20)9-12-4-3-5-15(12)18-16/h6-9H,3-5H2,1-2H3,(H,19,20). The fraction of sp³-hybridized carbons (Fsp3) is 0.294. The Labute approximate surface area is 123 Å². The molecule has 21 heavy (non-hydrogen) atoms. The maximum absolute atomic E-state index is 11.4. The van der Waals surface area contributed by atoms with Crippen molar-refractivity contribution in [3.8, 4) is 11.6 Å². The van der Waals surface area contributed by atoms with Gasteiger partial charge in [-0.15, -0.1) is 0 Å². The van der Waals surface area contributed by atoms with Crippen LogP contribution in [0.4, 0.5) is 0 Å². The number of ether oxygens (including phenoxy) is 1. The molecule has 0 aliphatic heterocycles.